The molecule has 12 heteroatoms. The quantitative estimate of drug-likeness (QED) is 0.286. The van der Waals surface area contributed by atoms with Gasteiger partial charge in [0, 0.05) is 24.5 Å². The summed E-state index contributed by atoms with van der Waals surface area (Å²) in [6.45, 7) is 4.09. The second-order valence-corrected chi connectivity index (χ2v) is 11.0. The molecule has 0 spiro atoms. The number of amides is 2. The van der Waals surface area contributed by atoms with E-state index in [4.69, 9.17) is 18.9 Å². The Labute approximate surface area is 252 Å². The maximum atomic E-state index is 13.7. The average molecular weight is 609 g/mol. The summed E-state index contributed by atoms with van der Waals surface area (Å²) < 4.78 is 52.2. The molecule has 4 aromatic rings. The van der Waals surface area contributed by atoms with Crippen molar-refractivity contribution in [2.24, 2.45) is 0 Å². The molecule has 2 amide bonds. The molecular weight excluding hydrogens is 576 g/mol. The average Bonchev–Trinajstić information content (AvgIpc) is 3.69. The number of hydrogen-bond donors (Lipinski definition) is 2. The van der Waals surface area contributed by atoms with Crippen molar-refractivity contribution in [3.63, 3.8) is 0 Å². The van der Waals surface area contributed by atoms with E-state index in [0.717, 1.165) is 17.3 Å². The molecule has 3 aromatic carbocycles. The molecule has 10 nitrogen and oxygen atoms in total. The van der Waals surface area contributed by atoms with Gasteiger partial charge in [-0.2, -0.15) is 13.9 Å². The molecule has 0 bridgehead atoms. The minimum atomic E-state index is -3.55. The number of carbonyl (C=O) groups is 2. The van der Waals surface area contributed by atoms with E-state index in [1.807, 2.05) is 12.1 Å². The van der Waals surface area contributed by atoms with Crippen molar-refractivity contribution in [3.05, 3.63) is 78.0 Å². The highest BCUT2D eigenvalue weighted by Gasteiger charge is 2.35. The van der Waals surface area contributed by atoms with Crippen LogP contribution in [-0.4, -0.2) is 66.0 Å². The maximum absolute atomic E-state index is 13.7. The Balaban J connectivity index is 1.26. The molecule has 1 aromatic heterocycles. The topological polar surface area (TPSA) is 113 Å². The molecule has 3 atom stereocenters. The smallest absolute Gasteiger partial charge is 0.321 e. The summed E-state index contributed by atoms with van der Waals surface area (Å²) in [5.41, 5.74) is 2.59. The van der Waals surface area contributed by atoms with E-state index in [9.17, 15) is 18.4 Å². The molecule has 0 unspecified atom stereocenters. The van der Waals surface area contributed by atoms with E-state index in [1.165, 1.54) is 0 Å². The number of carbonyl (C=O) groups excluding carboxylic acids is 2. The fourth-order valence-corrected chi connectivity index (χ4v) is 5.24. The summed E-state index contributed by atoms with van der Waals surface area (Å²) in [6.07, 6.45) is 1.61. The molecule has 0 radical (unpaired) electrons. The van der Waals surface area contributed by atoms with Crippen molar-refractivity contribution in [2.45, 2.75) is 44.4 Å². The van der Waals surface area contributed by atoms with E-state index in [0.29, 0.717) is 67.4 Å². The fraction of sp³-hybridized carbons (Fsp3) is 0.344. The highest BCUT2D eigenvalue weighted by Crippen LogP contribution is 2.36. The molecule has 1 fully saturated rings. The van der Waals surface area contributed by atoms with Crippen LogP contribution < -0.4 is 24.8 Å². The van der Waals surface area contributed by atoms with Gasteiger partial charge in [0.15, 0.2) is 11.5 Å². The summed E-state index contributed by atoms with van der Waals surface area (Å²) in [7, 11) is 0. The monoisotopic (exact) mass is 608 g/mol. The van der Waals surface area contributed by atoms with Crippen molar-refractivity contribution in [2.75, 3.05) is 26.4 Å². The number of rotatable bonds is 9. The molecule has 230 valence electrons. The minimum Gasteiger partial charge on any atom is -0.486 e. The number of alkyl halides is 2. The maximum Gasteiger partial charge on any atom is 0.321 e. The van der Waals surface area contributed by atoms with Crippen LogP contribution in [0.15, 0.2) is 66.9 Å². The van der Waals surface area contributed by atoms with Gasteiger partial charge < -0.3 is 29.6 Å². The molecule has 2 aliphatic rings. The second-order valence-electron chi connectivity index (χ2n) is 11.0. The van der Waals surface area contributed by atoms with E-state index in [2.05, 4.69) is 15.7 Å². The van der Waals surface area contributed by atoms with Gasteiger partial charge in [-0.25, -0.2) is 4.68 Å². The third kappa shape index (κ3) is 6.30. The summed E-state index contributed by atoms with van der Waals surface area (Å²) in [5.74, 6) is -3.62. The van der Waals surface area contributed by atoms with Crippen molar-refractivity contribution >= 4 is 22.7 Å². The van der Waals surface area contributed by atoms with E-state index < -0.39 is 24.0 Å². The highest BCUT2D eigenvalue weighted by atomic mass is 19.3. The lowest BCUT2D eigenvalue weighted by Gasteiger charge is -2.28. The second kappa shape index (κ2) is 12.1. The zero-order chi connectivity index (χ0) is 30.8. The molecule has 1 saturated heterocycles. The predicted molar refractivity (Wildman–Crippen MR) is 157 cm³/mol. The Hall–Kier alpha value is -4.71. The highest BCUT2D eigenvalue weighted by molar-refractivity contribution is 5.95. The van der Waals surface area contributed by atoms with Gasteiger partial charge >= 0.3 is 5.92 Å². The van der Waals surface area contributed by atoms with Crippen LogP contribution in [-0.2, 0) is 9.53 Å². The number of nitrogens with zero attached hydrogens (tertiary/aromatic N) is 2. The van der Waals surface area contributed by atoms with E-state index in [-0.39, 0.29) is 11.9 Å². The van der Waals surface area contributed by atoms with Gasteiger partial charge in [-0.1, -0.05) is 12.1 Å². The van der Waals surface area contributed by atoms with Crippen molar-refractivity contribution < 1.29 is 37.3 Å². The SMILES string of the molecule is C[C@H](NC(=O)C(C)(F)F)[C@H](Oc1ccc2c(cnn2-c2cccc([14C](=O)N[C@@H]3CCOC3)c2)c1)c1ccc2c(c1)OCCO2. The van der Waals surface area contributed by atoms with Gasteiger partial charge in [0.25, 0.3) is 11.8 Å². The zero-order valence-electron chi connectivity index (χ0n) is 24.2. The van der Waals surface area contributed by atoms with E-state index in [1.54, 1.807) is 66.3 Å². The first-order valence-electron chi connectivity index (χ1n) is 14.4. The number of fused-ring (bicyclic) bond motifs is 2. The molecule has 2 N–H and O–H groups in total. The van der Waals surface area contributed by atoms with Crippen LogP contribution in [0, 0.1) is 0 Å². The molecule has 44 heavy (non-hydrogen) atoms. The first kappa shape index (κ1) is 29.4. The number of nitrogens with one attached hydrogen (secondary N) is 2. The van der Waals surface area contributed by atoms with Crippen molar-refractivity contribution in [1.29, 1.82) is 0 Å². The Morgan fingerprint density at radius 3 is 2.68 bits per heavy atom. The fourth-order valence-electron chi connectivity index (χ4n) is 5.24. The molecule has 2 aliphatic heterocycles. The number of aromatic nitrogens is 2. The predicted octanol–water partition coefficient (Wildman–Crippen LogP) is 4.60. The van der Waals surface area contributed by atoms with Crippen LogP contribution in [0.2, 0.25) is 0 Å². The lowest BCUT2D eigenvalue weighted by atomic mass is 10.0. The van der Waals surface area contributed by atoms with Crippen LogP contribution >= 0.6 is 0 Å². The summed E-state index contributed by atoms with van der Waals surface area (Å²) >= 11 is 0. The summed E-state index contributed by atoms with van der Waals surface area (Å²) in [4.78, 5) is 25.0. The van der Waals surface area contributed by atoms with Crippen LogP contribution in [0.3, 0.4) is 0 Å². The van der Waals surface area contributed by atoms with E-state index >= 15 is 0 Å². The van der Waals surface area contributed by atoms with Gasteiger partial charge in [0.2, 0.25) is 0 Å². The van der Waals surface area contributed by atoms with Crippen LogP contribution in [0.5, 0.6) is 17.2 Å². The Morgan fingerprint density at radius 2 is 1.91 bits per heavy atom. The molecule has 6 rings (SSSR count). The van der Waals surface area contributed by atoms with Crippen molar-refractivity contribution in [1.82, 2.24) is 20.4 Å². The number of benzene rings is 3. The number of ether oxygens (including phenoxy) is 4. The normalized spacial score (nSPS) is 17.6. The van der Waals surface area contributed by atoms with Gasteiger partial charge in [-0.3, -0.25) is 9.59 Å². The Kier molecular flexibility index (Phi) is 8.09. The number of halogens is 2. The van der Waals surface area contributed by atoms with Crippen molar-refractivity contribution in [3.8, 4) is 22.9 Å². The van der Waals surface area contributed by atoms with Gasteiger partial charge in [-0.15, -0.1) is 0 Å². The molecule has 0 aliphatic carbocycles. The largest absolute Gasteiger partial charge is 0.486 e. The zero-order valence-corrected chi connectivity index (χ0v) is 24.2. The first-order valence-corrected chi connectivity index (χ1v) is 14.4. The van der Waals surface area contributed by atoms with Crippen LogP contribution in [0.1, 0.15) is 42.3 Å². The molecular formula is C32H32F2N4O6. The summed E-state index contributed by atoms with van der Waals surface area (Å²) in [6, 6.07) is 16.9. The minimum absolute atomic E-state index is 0.00407. The Morgan fingerprint density at radius 1 is 1.09 bits per heavy atom. The third-order valence-corrected chi connectivity index (χ3v) is 7.53. The lowest BCUT2D eigenvalue weighted by Crippen LogP contribution is -2.46. The molecule has 0 saturated carbocycles. The lowest BCUT2D eigenvalue weighted by molar-refractivity contribution is -0.144. The summed E-state index contributed by atoms with van der Waals surface area (Å²) in [5, 5.41) is 10.7. The molecule has 3 heterocycles. The Bertz CT molecular complexity index is 1680. The van der Waals surface area contributed by atoms with Gasteiger partial charge in [0.1, 0.15) is 25.1 Å². The third-order valence-electron chi connectivity index (χ3n) is 7.53. The standard InChI is InChI=1S/C32H32F2N4O6/c1-19(36-31(40)32(2,33)34)29(20-6-9-27-28(16-20)43-13-12-42-27)44-25-7-8-26-22(15-25)17-35-38(26)24-5-3-4-21(14-24)30(39)37-23-10-11-41-18-23/h3-9,14-17,19,23,29H,10-13,18H2,1-2H3,(H,36,40)(H,37,39)/t19-,23+,29-/m0/s1/i30+2. The van der Waals surface area contributed by atoms with Crippen LogP contribution in [0.25, 0.3) is 16.6 Å². The van der Waals surface area contributed by atoms with Gasteiger partial charge in [0.05, 0.1) is 36.1 Å². The first-order chi connectivity index (χ1) is 21.2. The van der Waals surface area contributed by atoms with Gasteiger partial charge in [-0.05, 0) is 67.4 Å². The van der Waals surface area contributed by atoms with Crippen LogP contribution in [0.4, 0.5) is 8.78 Å². The number of hydrogen-bond acceptors (Lipinski definition) is 7.